The molecule has 0 bridgehead atoms. The SMILES string of the molecule is CCN(Cc1cccc(C)n1)C1CCCCC1NC. The first-order chi connectivity index (χ1) is 9.24. The molecule has 1 aliphatic rings. The first kappa shape index (κ1) is 14.5. The maximum atomic E-state index is 4.64. The van der Waals surface area contributed by atoms with Gasteiger partial charge in [0.2, 0.25) is 0 Å². The van der Waals surface area contributed by atoms with Gasteiger partial charge in [0, 0.05) is 24.3 Å². The Kier molecular flexibility index (Phi) is 5.34. The minimum atomic E-state index is 0.638. The summed E-state index contributed by atoms with van der Waals surface area (Å²) >= 11 is 0. The lowest BCUT2D eigenvalue weighted by Gasteiger charge is -2.39. The number of aryl methyl sites for hydroxylation is 1. The molecule has 0 radical (unpaired) electrons. The van der Waals surface area contributed by atoms with Crippen LogP contribution in [0.5, 0.6) is 0 Å². The fourth-order valence-electron chi connectivity index (χ4n) is 3.24. The molecule has 3 nitrogen and oxygen atoms in total. The van der Waals surface area contributed by atoms with E-state index in [1.54, 1.807) is 0 Å². The van der Waals surface area contributed by atoms with Gasteiger partial charge in [0.1, 0.15) is 0 Å². The van der Waals surface area contributed by atoms with Crippen LogP contribution in [0.2, 0.25) is 0 Å². The number of aromatic nitrogens is 1. The summed E-state index contributed by atoms with van der Waals surface area (Å²) in [6.45, 7) is 6.40. The van der Waals surface area contributed by atoms with Crippen molar-refractivity contribution < 1.29 is 0 Å². The van der Waals surface area contributed by atoms with Crippen molar-refractivity contribution in [2.24, 2.45) is 0 Å². The number of nitrogens with one attached hydrogen (secondary N) is 1. The van der Waals surface area contributed by atoms with Crippen molar-refractivity contribution in [2.45, 2.75) is 58.2 Å². The van der Waals surface area contributed by atoms with Crippen molar-refractivity contribution in [3.05, 3.63) is 29.6 Å². The first-order valence-electron chi connectivity index (χ1n) is 7.58. The summed E-state index contributed by atoms with van der Waals surface area (Å²) in [4.78, 5) is 7.23. The molecule has 0 aromatic carbocycles. The Morgan fingerprint density at radius 2 is 2.11 bits per heavy atom. The fourth-order valence-corrected chi connectivity index (χ4v) is 3.24. The smallest absolute Gasteiger partial charge is 0.0547 e. The van der Waals surface area contributed by atoms with Gasteiger partial charge in [-0.05, 0) is 45.5 Å². The Labute approximate surface area is 117 Å². The average molecular weight is 261 g/mol. The van der Waals surface area contributed by atoms with Crippen molar-refractivity contribution >= 4 is 0 Å². The number of rotatable bonds is 5. The van der Waals surface area contributed by atoms with Gasteiger partial charge in [-0.2, -0.15) is 0 Å². The largest absolute Gasteiger partial charge is 0.315 e. The molecule has 0 amide bonds. The zero-order valence-corrected chi connectivity index (χ0v) is 12.5. The van der Waals surface area contributed by atoms with E-state index in [4.69, 9.17) is 0 Å². The van der Waals surface area contributed by atoms with E-state index in [-0.39, 0.29) is 0 Å². The third-order valence-electron chi connectivity index (χ3n) is 4.29. The summed E-state index contributed by atoms with van der Waals surface area (Å²) in [5.74, 6) is 0. The monoisotopic (exact) mass is 261 g/mol. The van der Waals surface area contributed by atoms with Crippen LogP contribution in [0.25, 0.3) is 0 Å². The van der Waals surface area contributed by atoms with Crippen LogP contribution in [0.1, 0.15) is 44.0 Å². The molecule has 1 heterocycles. The van der Waals surface area contributed by atoms with Gasteiger partial charge in [-0.25, -0.2) is 0 Å². The van der Waals surface area contributed by atoms with Crippen LogP contribution in [-0.4, -0.2) is 35.6 Å². The van der Waals surface area contributed by atoms with Crippen molar-refractivity contribution in [1.82, 2.24) is 15.2 Å². The Bertz CT molecular complexity index is 391. The highest BCUT2D eigenvalue weighted by Crippen LogP contribution is 2.24. The molecule has 1 aliphatic carbocycles. The second kappa shape index (κ2) is 7.01. The van der Waals surface area contributed by atoms with Gasteiger partial charge >= 0.3 is 0 Å². The summed E-state index contributed by atoms with van der Waals surface area (Å²) in [7, 11) is 2.10. The number of hydrogen-bond acceptors (Lipinski definition) is 3. The van der Waals surface area contributed by atoms with Crippen LogP contribution in [0, 0.1) is 6.92 Å². The maximum absolute atomic E-state index is 4.64. The van der Waals surface area contributed by atoms with E-state index in [0.717, 1.165) is 18.8 Å². The lowest BCUT2D eigenvalue weighted by atomic mass is 9.89. The summed E-state index contributed by atoms with van der Waals surface area (Å²) in [6, 6.07) is 7.62. The molecule has 1 aromatic heterocycles. The molecule has 3 heteroatoms. The molecule has 1 fully saturated rings. The average Bonchev–Trinajstić information content (AvgIpc) is 2.45. The van der Waals surface area contributed by atoms with Crippen LogP contribution in [-0.2, 0) is 6.54 Å². The molecule has 106 valence electrons. The number of pyridine rings is 1. The van der Waals surface area contributed by atoms with E-state index in [1.807, 2.05) is 0 Å². The molecular weight excluding hydrogens is 234 g/mol. The zero-order valence-electron chi connectivity index (χ0n) is 12.5. The summed E-state index contributed by atoms with van der Waals surface area (Å²) in [6.07, 6.45) is 5.34. The van der Waals surface area contributed by atoms with E-state index in [0.29, 0.717) is 12.1 Å². The molecule has 1 N–H and O–H groups in total. The molecule has 2 atom stereocenters. The molecule has 1 aromatic rings. The van der Waals surface area contributed by atoms with Gasteiger partial charge in [-0.1, -0.05) is 25.8 Å². The molecule has 19 heavy (non-hydrogen) atoms. The van der Waals surface area contributed by atoms with Crippen LogP contribution in [0.4, 0.5) is 0 Å². The Balaban J connectivity index is 2.06. The van der Waals surface area contributed by atoms with E-state index >= 15 is 0 Å². The predicted octanol–water partition coefficient (Wildman–Crippen LogP) is 2.74. The van der Waals surface area contributed by atoms with Gasteiger partial charge in [-0.3, -0.25) is 9.88 Å². The van der Waals surface area contributed by atoms with Gasteiger partial charge in [-0.15, -0.1) is 0 Å². The number of likely N-dealkylation sites (N-methyl/N-ethyl adjacent to an activating group) is 2. The third-order valence-corrected chi connectivity index (χ3v) is 4.29. The Morgan fingerprint density at radius 3 is 2.79 bits per heavy atom. The topological polar surface area (TPSA) is 28.2 Å². The highest BCUT2D eigenvalue weighted by Gasteiger charge is 2.28. The standard InChI is InChI=1S/C16H27N3/c1-4-19(12-14-9-7-8-13(2)18-14)16-11-6-5-10-15(16)17-3/h7-9,15-17H,4-6,10-12H2,1-3H3. The highest BCUT2D eigenvalue weighted by molar-refractivity contribution is 5.10. The van der Waals surface area contributed by atoms with E-state index in [9.17, 15) is 0 Å². The van der Waals surface area contributed by atoms with Crippen molar-refractivity contribution in [2.75, 3.05) is 13.6 Å². The van der Waals surface area contributed by atoms with E-state index < -0.39 is 0 Å². The van der Waals surface area contributed by atoms with Crippen LogP contribution >= 0.6 is 0 Å². The van der Waals surface area contributed by atoms with Crippen molar-refractivity contribution in [3.8, 4) is 0 Å². The molecule has 2 rings (SSSR count). The van der Waals surface area contributed by atoms with Crippen molar-refractivity contribution in [1.29, 1.82) is 0 Å². The minimum Gasteiger partial charge on any atom is -0.315 e. The molecule has 0 spiro atoms. The van der Waals surface area contributed by atoms with Crippen LogP contribution in [0.3, 0.4) is 0 Å². The maximum Gasteiger partial charge on any atom is 0.0547 e. The minimum absolute atomic E-state index is 0.638. The molecule has 0 saturated heterocycles. The lowest BCUT2D eigenvalue weighted by molar-refractivity contribution is 0.122. The normalized spacial score (nSPS) is 23.8. The Hall–Kier alpha value is -0.930. The summed E-state index contributed by atoms with van der Waals surface area (Å²) < 4.78 is 0. The summed E-state index contributed by atoms with van der Waals surface area (Å²) in [5.41, 5.74) is 2.31. The Morgan fingerprint density at radius 1 is 1.32 bits per heavy atom. The molecule has 2 unspecified atom stereocenters. The lowest BCUT2D eigenvalue weighted by Crippen LogP contribution is -2.50. The van der Waals surface area contributed by atoms with Gasteiger partial charge in [0.15, 0.2) is 0 Å². The number of hydrogen-bond donors (Lipinski definition) is 1. The second-order valence-corrected chi connectivity index (χ2v) is 5.58. The zero-order chi connectivity index (χ0) is 13.7. The molecular formula is C16H27N3. The third kappa shape index (κ3) is 3.77. The second-order valence-electron chi connectivity index (χ2n) is 5.58. The molecule has 0 aliphatic heterocycles. The predicted molar refractivity (Wildman–Crippen MR) is 80.2 cm³/mol. The van der Waals surface area contributed by atoms with Crippen LogP contribution in [0.15, 0.2) is 18.2 Å². The van der Waals surface area contributed by atoms with Crippen molar-refractivity contribution in [3.63, 3.8) is 0 Å². The van der Waals surface area contributed by atoms with Gasteiger partial charge in [0.25, 0.3) is 0 Å². The first-order valence-corrected chi connectivity index (χ1v) is 7.58. The fraction of sp³-hybridized carbons (Fsp3) is 0.688. The van der Waals surface area contributed by atoms with Gasteiger partial charge < -0.3 is 5.32 Å². The summed E-state index contributed by atoms with van der Waals surface area (Å²) in [5, 5.41) is 3.50. The van der Waals surface area contributed by atoms with Gasteiger partial charge in [0.05, 0.1) is 5.69 Å². The number of nitrogens with zero attached hydrogens (tertiary/aromatic N) is 2. The van der Waals surface area contributed by atoms with E-state index in [1.165, 1.54) is 31.4 Å². The highest BCUT2D eigenvalue weighted by atomic mass is 15.2. The molecule has 1 saturated carbocycles. The van der Waals surface area contributed by atoms with E-state index in [2.05, 4.69) is 54.3 Å². The quantitative estimate of drug-likeness (QED) is 0.883. The van der Waals surface area contributed by atoms with Crippen LogP contribution < -0.4 is 5.32 Å².